The number of benzene rings is 1. The molecule has 1 aliphatic rings. The van der Waals surface area contributed by atoms with Crippen molar-refractivity contribution < 1.29 is 0 Å². The molecular formula is C13H16N2. The summed E-state index contributed by atoms with van der Waals surface area (Å²) in [6, 6.07) is 12.1. The Kier molecular flexibility index (Phi) is 2.75. The second kappa shape index (κ2) is 4.04. The van der Waals surface area contributed by atoms with E-state index < -0.39 is 0 Å². The monoisotopic (exact) mass is 200 g/mol. The molecule has 2 nitrogen and oxygen atoms in total. The molecule has 1 aromatic carbocycles. The summed E-state index contributed by atoms with van der Waals surface area (Å²) in [5.74, 6) is 0. The molecule has 15 heavy (non-hydrogen) atoms. The van der Waals surface area contributed by atoms with E-state index in [1.165, 1.54) is 12.8 Å². The fourth-order valence-electron chi connectivity index (χ4n) is 1.89. The van der Waals surface area contributed by atoms with Crippen LogP contribution in [0.1, 0.15) is 37.8 Å². The minimum atomic E-state index is -0.159. The summed E-state index contributed by atoms with van der Waals surface area (Å²) < 4.78 is 0. The van der Waals surface area contributed by atoms with Crippen molar-refractivity contribution in [3.8, 4) is 6.07 Å². The topological polar surface area (TPSA) is 35.8 Å². The fraction of sp³-hybridized carbons (Fsp3) is 0.462. The minimum Gasteiger partial charge on any atom is -0.293 e. The second-order valence-electron chi connectivity index (χ2n) is 4.25. The van der Waals surface area contributed by atoms with Crippen molar-refractivity contribution in [2.24, 2.45) is 0 Å². The van der Waals surface area contributed by atoms with Crippen molar-refractivity contribution in [2.45, 2.75) is 37.8 Å². The normalized spacial score (nSPS) is 19.2. The van der Waals surface area contributed by atoms with E-state index in [1.54, 1.807) is 0 Å². The number of hydrogen-bond donors (Lipinski definition) is 1. The number of hydrogen-bond acceptors (Lipinski definition) is 2. The van der Waals surface area contributed by atoms with E-state index in [-0.39, 0.29) is 11.6 Å². The lowest BCUT2D eigenvalue weighted by Gasteiger charge is -2.19. The largest absolute Gasteiger partial charge is 0.293 e. The molecule has 1 atom stereocenters. The molecule has 1 unspecified atom stereocenters. The Morgan fingerprint density at radius 3 is 2.53 bits per heavy atom. The lowest BCUT2D eigenvalue weighted by molar-refractivity contribution is 0.454. The van der Waals surface area contributed by atoms with Crippen LogP contribution in [0, 0.1) is 11.3 Å². The van der Waals surface area contributed by atoms with Crippen molar-refractivity contribution in [3.05, 3.63) is 35.9 Å². The summed E-state index contributed by atoms with van der Waals surface area (Å²) in [5.41, 5.74) is 1.32. The van der Waals surface area contributed by atoms with Gasteiger partial charge in [0.15, 0.2) is 0 Å². The Morgan fingerprint density at radius 1 is 1.40 bits per heavy atom. The van der Waals surface area contributed by atoms with Crippen LogP contribution in [0.3, 0.4) is 0 Å². The van der Waals surface area contributed by atoms with E-state index in [4.69, 9.17) is 5.26 Å². The van der Waals surface area contributed by atoms with Crippen LogP contribution in [-0.2, 0) is 0 Å². The Hall–Kier alpha value is -1.33. The number of nitrogens with zero attached hydrogens (tertiary/aromatic N) is 1. The first-order valence-electron chi connectivity index (χ1n) is 5.52. The molecule has 0 spiro atoms. The highest BCUT2D eigenvalue weighted by atomic mass is 15.0. The molecule has 1 aliphatic carbocycles. The third kappa shape index (κ3) is 2.19. The van der Waals surface area contributed by atoms with Crippen molar-refractivity contribution in [1.82, 2.24) is 5.32 Å². The van der Waals surface area contributed by atoms with Crippen LogP contribution in [0.2, 0.25) is 0 Å². The summed E-state index contributed by atoms with van der Waals surface area (Å²) in [7, 11) is 0. The van der Waals surface area contributed by atoms with Crippen LogP contribution < -0.4 is 5.32 Å². The molecule has 2 rings (SSSR count). The molecule has 2 heteroatoms. The van der Waals surface area contributed by atoms with Gasteiger partial charge in [0.05, 0.1) is 6.07 Å². The molecule has 0 heterocycles. The van der Waals surface area contributed by atoms with Gasteiger partial charge in [0.25, 0.3) is 0 Å². The van der Waals surface area contributed by atoms with Crippen LogP contribution >= 0.6 is 0 Å². The van der Waals surface area contributed by atoms with E-state index in [2.05, 4.69) is 18.3 Å². The van der Waals surface area contributed by atoms with Gasteiger partial charge in [-0.25, -0.2) is 0 Å². The van der Waals surface area contributed by atoms with E-state index >= 15 is 0 Å². The van der Waals surface area contributed by atoms with E-state index in [0.29, 0.717) is 0 Å². The standard InChI is InChI=1S/C13H16N2/c1-2-13(8-9-13)15-12(10-14)11-6-4-3-5-7-11/h3-7,12,15H,2,8-9H2,1H3. The highest BCUT2D eigenvalue weighted by Gasteiger charge is 2.42. The van der Waals surface area contributed by atoms with Crippen LogP contribution in [0.15, 0.2) is 30.3 Å². The number of rotatable bonds is 4. The van der Waals surface area contributed by atoms with Gasteiger partial charge in [-0.2, -0.15) is 5.26 Å². The van der Waals surface area contributed by atoms with Crippen LogP contribution in [0.4, 0.5) is 0 Å². The zero-order valence-corrected chi connectivity index (χ0v) is 9.03. The Labute approximate surface area is 90.9 Å². The zero-order chi connectivity index (χ0) is 10.7. The van der Waals surface area contributed by atoms with E-state index in [0.717, 1.165) is 12.0 Å². The third-order valence-corrected chi connectivity index (χ3v) is 3.24. The maximum absolute atomic E-state index is 9.15. The predicted octanol–water partition coefficient (Wildman–Crippen LogP) is 2.78. The van der Waals surface area contributed by atoms with Crippen molar-refractivity contribution >= 4 is 0 Å². The Bertz CT molecular complexity index is 360. The SMILES string of the molecule is CCC1(NC(C#N)c2ccccc2)CC1. The van der Waals surface area contributed by atoms with Crippen molar-refractivity contribution in [3.63, 3.8) is 0 Å². The molecule has 0 amide bonds. The molecular weight excluding hydrogens is 184 g/mol. The van der Waals surface area contributed by atoms with Crippen LogP contribution in [0.25, 0.3) is 0 Å². The van der Waals surface area contributed by atoms with Gasteiger partial charge in [0, 0.05) is 5.54 Å². The molecule has 78 valence electrons. The summed E-state index contributed by atoms with van der Waals surface area (Å²) >= 11 is 0. The van der Waals surface area contributed by atoms with Crippen molar-refractivity contribution in [1.29, 1.82) is 5.26 Å². The van der Waals surface area contributed by atoms with Crippen LogP contribution in [-0.4, -0.2) is 5.54 Å². The predicted molar refractivity (Wildman–Crippen MR) is 60.2 cm³/mol. The first-order chi connectivity index (χ1) is 7.29. The molecule has 0 radical (unpaired) electrons. The van der Waals surface area contributed by atoms with Gasteiger partial charge < -0.3 is 0 Å². The summed E-state index contributed by atoms with van der Waals surface area (Å²) in [6.07, 6.45) is 3.51. The molecule has 0 aromatic heterocycles. The molecule has 0 saturated heterocycles. The Morgan fingerprint density at radius 2 is 2.07 bits per heavy atom. The van der Waals surface area contributed by atoms with Gasteiger partial charge in [0.2, 0.25) is 0 Å². The van der Waals surface area contributed by atoms with Gasteiger partial charge in [0.1, 0.15) is 6.04 Å². The lowest BCUT2D eigenvalue weighted by atomic mass is 10.1. The molecule has 1 N–H and O–H groups in total. The maximum Gasteiger partial charge on any atom is 0.121 e. The average Bonchev–Trinajstić information content (AvgIpc) is 3.08. The fourth-order valence-corrected chi connectivity index (χ4v) is 1.89. The molecule has 1 fully saturated rings. The highest BCUT2D eigenvalue weighted by molar-refractivity contribution is 5.25. The first-order valence-corrected chi connectivity index (χ1v) is 5.52. The molecule has 0 aliphatic heterocycles. The van der Waals surface area contributed by atoms with E-state index in [9.17, 15) is 0 Å². The van der Waals surface area contributed by atoms with Crippen molar-refractivity contribution in [2.75, 3.05) is 0 Å². The smallest absolute Gasteiger partial charge is 0.121 e. The van der Waals surface area contributed by atoms with Gasteiger partial charge in [-0.15, -0.1) is 0 Å². The molecule has 0 bridgehead atoms. The first kappa shape index (κ1) is 10.2. The number of nitrogens with one attached hydrogen (secondary N) is 1. The molecule has 1 aromatic rings. The van der Waals surface area contributed by atoms with Gasteiger partial charge >= 0.3 is 0 Å². The average molecular weight is 200 g/mol. The zero-order valence-electron chi connectivity index (χ0n) is 9.03. The summed E-state index contributed by atoms with van der Waals surface area (Å²) in [4.78, 5) is 0. The third-order valence-electron chi connectivity index (χ3n) is 3.24. The maximum atomic E-state index is 9.15. The Balaban J connectivity index is 2.09. The van der Waals surface area contributed by atoms with E-state index in [1.807, 2.05) is 30.3 Å². The second-order valence-corrected chi connectivity index (χ2v) is 4.25. The van der Waals surface area contributed by atoms with Gasteiger partial charge in [-0.05, 0) is 24.8 Å². The minimum absolute atomic E-state index is 0.159. The highest BCUT2D eigenvalue weighted by Crippen LogP contribution is 2.40. The lowest BCUT2D eigenvalue weighted by Crippen LogP contribution is -2.33. The van der Waals surface area contributed by atoms with Gasteiger partial charge in [-0.3, -0.25) is 5.32 Å². The van der Waals surface area contributed by atoms with Gasteiger partial charge in [-0.1, -0.05) is 37.3 Å². The molecule has 1 saturated carbocycles. The quantitative estimate of drug-likeness (QED) is 0.811. The summed E-state index contributed by atoms with van der Waals surface area (Å²) in [6.45, 7) is 2.18. The van der Waals surface area contributed by atoms with Crippen LogP contribution in [0.5, 0.6) is 0 Å². The number of nitriles is 1. The summed E-state index contributed by atoms with van der Waals surface area (Å²) in [5, 5.41) is 12.6.